The van der Waals surface area contributed by atoms with Gasteiger partial charge in [-0.15, -0.1) is 0 Å². The lowest BCUT2D eigenvalue weighted by Crippen LogP contribution is -2.07. The maximum Gasteiger partial charge on any atom is 0.0925 e. The third kappa shape index (κ3) is 1.38. The minimum absolute atomic E-state index is 0.774. The Bertz CT molecular complexity index is 643. The Labute approximate surface area is 91.5 Å². The summed E-state index contributed by atoms with van der Waals surface area (Å²) >= 11 is 0. The second-order valence-corrected chi connectivity index (χ2v) is 3.45. The second kappa shape index (κ2) is 3.30. The van der Waals surface area contributed by atoms with Crippen LogP contribution >= 0.6 is 0 Å². The summed E-state index contributed by atoms with van der Waals surface area (Å²) in [6.07, 6.45) is 5.09. The molecule has 0 spiro atoms. The lowest BCUT2D eigenvalue weighted by Gasteiger charge is -1.98. The van der Waals surface area contributed by atoms with Crippen molar-refractivity contribution in [3.8, 4) is 11.3 Å². The summed E-state index contributed by atoms with van der Waals surface area (Å²) in [6.45, 7) is 0. The molecule has 3 aromatic rings. The van der Waals surface area contributed by atoms with Gasteiger partial charge < -0.3 is 5.84 Å². The van der Waals surface area contributed by atoms with Crippen LogP contribution in [-0.2, 0) is 0 Å². The Morgan fingerprint density at radius 2 is 1.88 bits per heavy atom. The van der Waals surface area contributed by atoms with E-state index < -0.39 is 0 Å². The molecular formula is C11H9N5. The predicted molar refractivity (Wildman–Crippen MR) is 60.9 cm³/mol. The number of hydrogen-bond donors (Lipinski definition) is 1. The first-order valence-electron chi connectivity index (χ1n) is 4.85. The Kier molecular flexibility index (Phi) is 1.83. The fraction of sp³-hybridized carbons (Fsp3) is 0. The van der Waals surface area contributed by atoms with E-state index in [0.717, 1.165) is 22.3 Å². The van der Waals surface area contributed by atoms with Gasteiger partial charge in [-0.1, -0.05) is 12.1 Å². The molecule has 3 rings (SSSR count). The van der Waals surface area contributed by atoms with Crippen molar-refractivity contribution < 1.29 is 0 Å². The lowest BCUT2D eigenvalue weighted by atomic mass is 10.2. The number of rotatable bonds is 1. The van der Waals surface area contributed by atoms with Gasteiger partial charge in [0.15, 0.2) is 0 Å². The summed E-state index contributed by atoms with van der Waals surface area (Å²) in [4.78, 5) is 10.1. The standard InChI is InChI=1S/C11H9N5/c12-16-7-8(5-14-16)11-6-13-9-3-1-2-4-10(9)15-11/h1-7H,12H2. The molecule has 0 saturated carbocycles. The highest BCUT2D eigenvalue weighted by molar-refractivity contribution is 5.76. The molecule has 78 valence electrons. The maximum absolute atomic E-state index is 5.49. The highest BCUT2D eigenvalue weighted by atomic mass is 15.5. The van der Waals surface area contributed by atoms with E-state index in [2.05, 4.69) is 15.1 Å². The number of nitrogen functional groups attached to an aromatic ring is 1. The first kappa shape index (κ1) is 8.84. The Morgan fingerprint density at radius 1 is 1.06 bits per heavy atom. The number of nitrogens with zero attached hydrogens (tertiary/aromatic N) is 4. The van der Waals surface area contributed by atoms with Gasteiger partial charge in [-0.3, -0.25) is 4.98 Å². The van der Waals surface area contributed by atoms with Crippen molar-refractivity contribution in [2.75, 3.05) is 5.84 Å². The number of hydrogen-bond acceptors (Lipinski definition) is 4. The topological polar surface area (TPSA) is 69.6 Å². The Morgan fingerprint density at radius 3 is 2.62 bits per heavy atom. The van der Waals surface area contributed by atoms with E-state index in [4.69, 9.17) is 5.84 Å². The van der Waals surface area contributed by atoms with E-state index in [-0.39, 0.29) is 0 Å². The van der Waals surface area contributed by atoms with E-state index in [1.165, 1.54) is 4.79 Å². The molecule has 0 aliphatic rings. The fourth-order valence-corrected chi connectivity index (χ4v) is 1.57. The monoisotopic (exact) mass is 211 g/mol. The molecule has 0 aliphatic heterocycles. The van der Waals surface area contributed by atoms with Crippen LogP contribution in [0.15, 0.2) is 42.9 Å². The molecule has 0 radical (unpaired) electrons. The average molecular weight is 211 g/mol. The largest absolute Gasteiger partial charge is 0.323 e. The number of benzene rings is 1. The van der Waals surface area contributed by atoms with Crippen molar-refractivity contribution in [3.63, 3.8) is 0 Å². The third-order valence-corrected chi connectivity index (χ3v) is 2.35. The quantitative estimate of drug-likeness (QED) is 0.614. The summed E-state index contributed by atoms with van der Waals surface area (Å²) in [5, 5.41) is 3.90. The molecular weight excluding hydrogens is 202 g/mol. The molecule has 5 nitrogen and oxygen atoms in total. The molecule has 5 heteroatoms. The normalized spacial score (nSPS) is 10.8. The first-order chi connectivity index (χ1) is 7.83. The zero-order valence-electron chi connectivity index (χ0n) is 8.41. The van der Waals surface area contributed by atoms with E-state index in [9.17, 15) is 0 Å². The predicted octanol–water partition coefficient (Wildman–Crippen LogP) is 1.21. The molecule has 0 saturated heterocycles. The minimum atomic E-state index is 0.774. The zero-order chi connectivity index (χ0) is 11.0. The fourth-order valence-electron chi connectivity index (χ4n) is 1.57. The maximum atomic E-state index is 5.49. The molecule has 2 N–H and O–H groups in total. The van der Waals surface area contributed by atoms with Gasteiger partial charge in [-0.05, 0) is 12.1 Å². The van der Waals surface area contributed by atoms with Gasteiger partial charge in [0.2, 0.25) is 0 Å². The van der Waals surface area contributed by atoms with E-state index in [0.29, 0.717) is 0 Å². The van der Waals surface area contributed by atoms with Crippen molar-refractivity contribution in [1.82, 2.24) is 19.9 Å². The summed E-state index contributed by atoms with van der Waals surface area (Å²) in [5.41, 5.74) is 3.38. The molecule has 16 heavy (non-hydrogen) atoms. The molecule has 0 bridgehead atoms. The number of para-hydroxylation sites is 2. The van der Waals surface area contributed by atoms with Crippen molar-refractivity contribution >= 4 is 11.0 Å². The van der Waals surface area contributed by atoms with Crippen molar-refractivity contribution in [2.24, 2.45) is 0 Å². The molecule has 1 aromatic carbocycles. The highest BCUT2D eigenvalue weighted by Gasteiger charge is 2.03. The number of nitrogens with two attached hydrogens (primary N) is 1. The summed E-state index contributed by atoms with van der Waals surface area (Å²) in [5.74, 6) is 5.49. The van der Waals surface area contributed by atoms with Crippen LogP contribution in [0.3, 0.4) is 0 Å². The van der Waals surface area contributed by atoms with Crippen molar-refractivity contribution in [2.45, 2.75) is 0 Å². The zero-order valence-corrected chi connectivity index (χ0v) is 8.41. The van der Waals surface area contributed by atoms with Gasteiger partial charge in [0.25, 0.3) is 0 Å². The molecule has 0 amide bonds. The number of fused-ring (bicyclic) bond motifs is 1. The minimum Gasteiger partial charge on any atom is -0.323 e. The van der Waals surface area contributed by atoms with Gasteiger partial charge in [0.05, 0.1) is 35.3 Å². The van der Waals surface area contributed by atoms with Gasteiger partial charge in [-0.2, -0.15) is 9.89 Å². The van der Waals surface area contributed by atoms with E-state index in [1.807, 2.05) is 24.3 Å². The molecule has 0 unspecified atom stereocenters. The van der Waals surface area contributed by atoms with Gasteiger partial charge in [0.1, 0.15) is 0 Å². The van der Waals surface area contributed by atoms with Gasteiger partial charge in [-0.25, -0.2) is 4.98 Å². The summed E-state index contributed by atoms with van der Waals surface area (Å²) in [6, 6.07) is 7.74. The van der Waals surface area contributed by atoms with Crippen LogP contribution < -0.4 is 5.84 Å². The van der Waals surface area contributed by atoms with Crippen LogP contribution in [-0.4, -0.2) is 19.9 Å². The van der Waals surface area contributed by atoms with Crippen LogP contribution in [0.5, 0.6) is 0 Å². The van der Waals surface area contributed by atoms with Crippen molar-refractivity contribution in [3.05, 3.63) is 42.9 Å². The average Bonchev–Trinajstić information content (AvgIpc) is 2.75. The Hall–Kier alpha value is -2.43. The second-order valence-electron chi connectivity index (χ2n) is 3.45. The molecule has 2 aromatic heterocycles. The van der Waals surface area contributed by atoms with Crippen LogP contribution in [0.25, 0.3) is 22.3 Å². The molecule has 2 heterocycles. The van der Waals surface area contributed by atoms with Gasteiger partial charge >= 0.3 is 0 Å². The molecule has 0 atom stereocenters. The van der Waals surface area contributed by atoms with Crippen LogP contribution in [0, 0.1) is 0 Å². The van der Waals surface area contributed by atoms with Gasteiger partial charge in [0, 0.05) is 5.56 Å². The first-order valence-corrected chi connectivity index (χ1v) is 4.85. The summed E-state index contributed by atoms with van der Waals surface area (Å²) in [7, 11) is 0. The van der Waals surface area contributed by atoms with Crippen LogP contribution in [0.1, 0.15) is 0 Å². The van der Waals surface area contributed by atoms with E-state index >= 15 is 0 Å². The highest BCUT2D eigenvalue weighted by Crippen LogP contribution is 2.17. The summed E-state index contributed by atoms with van der Waals surface area (Å²) < 4.78 is 0. The molecule has 0 aliphatic carbocycles. The van der Waals surface area contributed by atoms with Crippen molar-refractivity contribution in [1.29, 1.82) is 0 Å². The smallest absolute Gasteiger partial charge is 0.0925 e. The lowest BCUT2D eigenvalue weighted by molar-refractivity contribution is 0.832. The third-order valence-electron chi connectivity index (χ3n) is 2.35. The number of aromatic nitrogens is 4. The SMILES string of the molecule is Nn1cc(-c2cnc3ccccc3n2)cn1. The Balaban J connectivity index is 2.18. The van der Waals surface area contributed by atoms with Crippen LogP contribution in [0.4, 0.5) is 0 Å². The van der Waals surface area contributed by atoms with E-state index in [1.54, 1.807) is 18.6 Å². The molecule has 0 fully saturated rings. The van der Waals surface area contributed by atoms with Crippen LogP contribution in [0.2, 0.25) is 0 Å².